The second-order valence-corrected chi connectivity index (χ2v) is 6.07. The van der Waals surface area contributed by atoms with Crippen molar-refractivity contribution in [2.45, 2.75) is 13.5 Å². The largest absolute Gasteiger partial charge is 0.489 e. The highest BCUT2D eigenvalue weighted by Gasteiger charge is 2.18. The Hall–Kier alpha value is -3.54. The second-order valence-electron chi connectivity index (χ2n) is 6.07. The number of para-hydroxylation sites is 1. The zero-order valence-electron chi connectivity index (χ0n) is 16.8. The number of oxime groups is 1. The summed E-state index contributed by atoms with van der Waals surface area (Å²) in [5, 5.41) is 4.03. The van der Waals surface area contributed by atoms with E-state index in [9.17, 15) is 4.79 Å². The number of rotatable bonds is 10. The van der Waals surface area contributed by atoms with Gasteiger partial charge < -0.3 is 14.3 Å². The molecule has 0 aliphatic heterocycles. The van der Waals surface area contributed by atoms with Crippen LogP contribution >= 0.6 is 0 Å². The number of benzene rings is 2. The van der Waals surface area contributed by atoms with Gasteiger partial charge in [0.15, 0.2) is 0 Å². The summed E-state index contributed by atoms with van der Waals surface area (Å²) >= 11 is 0. The highest BCUT2D eigenvalue weighted by atomic mass is 16.6. The molecule has 2 aromatic rings. The van der Waals surface area contributed by atoms with Crippen LogP contribution in [0, 0.1) is 0 Å². The first-order chi connectivity index (χ1) is 14.1. The van der Waals surface area contributed by atoms with Gasteiger partial charge in [-0.1, -0.05) is 42.1 Å². The van der Waals surface area contributed by atoms with E-state index in [0.717, 1.165) is 22.5 Å². The zero-order valence-corrected chi connectivity index (χ0v) is 16.8. The molecule has 0 saturated carbocycles. The van der Waals surface area contributed by atoms with E-state index in [1.807, 2.05) is 55.5 Å². The number of amides is 1. The fourth-order valence-electron chi connectivity index (χ4n) is 2.60. The second kappa shape index (κ2) is 11.3. The lowest BCUT2D eigenvalue weighted by atomic mass is 10.1. The van der Waals surface area contributed by atoms with Crippen molar-refractivity contribution in [1.29, 1.82) is 0 Å². The maximum Gasteiger partial charge on any atom is 0.414 e. The van der Waals surface area contributed by atoms with E-state index >= 15 is 0 Å². The van der Waals surface area contributed by atoms with Crippen molar-refractivity contribution >= 4 is 17.5 Å². The standard InChI is InChI=1S/C23H26N2O4/c1-5-15-25(23(26)27-4)22-10-8-7-9-20(22)17-28-21-13-11-19(12-14-21)18(3)24-29-16-6-2/h5-14H,1-2,15-17H2,3-4H3. The molecular formula is C23H26N2O4. The van der Waals surface area contributed by atoms with Gasteiger partial charge in [0, 0.05) is 12.1 Å². The maximum atomic E-state index is 12.1. The van der Waals surface area contributed by atoms with E-state index < -0.39 is 6.09 Å². The molecule has 152 valence electrons. The molecule has 6 nitrogen and oxygen atoms in total. The number of hydrogen-bond acceptors (Lipinski definition) is 5. The first-order valence-electron chi connectivity index (χ1n) is 9.15. The molecule has 2 rings (SSSR count). The minimum absolute atomic E-state index is 0.301. The van der Waals surface area contributed by atoms with Crippen LogP contribution in [0.25, 0.3) is 0 Å². The lowest BCUT2D eigenvalue weighted by Gasteiger charge is -2.22. The van der Waals surface area contributed by atoms with Crippen LogP contribution in [0.5, 0.6) is 5.75 Å². The Morgan fingerprint density at radius 2 is 1.83 bits per heavy atom. The van der Waals surface area contributed by atoms with E-state index in [-0.39, 0.29) is 0 Å². The van der Waals surface area contributed by atoms with Gasteiger partial charge in [-0.25, -0.2) is 4.79 Å². The van der Waals surface area contributed by atoms with E-state index in [1.54, 1.807) is 12.2 Å². The Bertz CT molecular complexity index is 859. The highest BCUT2D eigenvalue weighted by molar-refractivity contribution is 5.98. The Morgan fingerprint density at radius 1 is 1.10 bits per heavy atom. The van der Waals surface area contributed by atoms with Gasteiger partial charge in [-0.05, 0) is 42.8 Å². The molecular weight excluding hydrogens is 368 g/mol. The molecule has 0 N–H and O–H groups in total. The average molecular weight is 394 g/mol. The van der Waals surface area contributed by atoms with Gasteiger partial charge in [0.25, 0.3) is 0 Å². The quantitative estimate of drug-likeness (QED) is 0.248. The molecule has 0 atom stereocenters. The van der Waals surface area contributed by atoms with Crippen molar-refractivity contribution in [3.05, 3.63) is 85.0 Å². The average Bonchev–Trinajstić information content (AvgIpc) is 2.76. The van der Waals surface area contributed by atoms with E-state index in [1.165, 1.54) is 12.0 Å². The van der Waals surface area contributed by atoms with Crippen LogP contribution in [0.1, 0.15) is 18.1 Å². The summed E-state index contributed by atoms with van der Waals surface area (Å²) in [5.74, 6) is 0.705. The molecule has 0 heterocycles. The lowest BCUT2D eigenvalue weighted by molar-refractivity contribution is 0.175. The van der Waals surface area contributed by atoms with Crippen LogP contribution in [-0.2, 0) is 16.2 Å². The number of methoxy groups -OCH3 is 1. The number of carbonyl (C=O) groups is 1. The predicted molar refractivity (Wildman–Crippen MR) is 116 cm³/mol. The highest BCUT2D eigenvalue weighted by Crippen LogP contribution is 2.23. The van der Waals surface area contributed by atoms with E-state index in [0.29, 0.717) is 25.5 Å². The van der Waals surface area contributed by atoms with Crippen LogP contribution in [0.3, 0.4) is 0 Å². The molecule has 2 aromatic carbocycles. The third-order valence-electron chi connectivity index (χ3n) is 4.05. The first kappa shape index (κ1) is 21.8. The van der Waals surface area contributed by atoms with Gasteiger partial charge >= 0.3 is 6.09 Å². The molecule has 0 radical (unpaired) electrons. The predicted octanol–water partition coefficient (Wildman–Crippen LogP) is 4.95. The summed E-state index contributed by atoms with van der Waals surface area (Å²) in [4.78, 5) is 18.7. The van der Waals surface area contributed by atoms with Crippen molar-refractivity contribution in [2.24, 2.45) is 5.16 Å². The Kier molecular flexibility index (Phi) is 8.51. The van der Waals surface area contributed by atoms with Gasteiger partial charge in [-0.3, -0.25) is 4.90 Å². The van der Waals surface area contributed by atoms with Gasteiger partial charge in [-0.15, -0.1) is 6.58 Å². The summed E-state index contributed by atoms with van der Waals surface area (Å²) in [5.41, 5.74) is 3.28. The molecule has 0 aliphatic carbocycles. The summed E-state index contributed by atoms with van der Waals surface area (Å²) in [6.07, 6.45) is 2.84. The number of ether oxygens (including phenoxy) is 2. The fourth-order valence-corrected chi connectivity index (χ4v) is 2.60. The summed E-state index contributed by atoms with van der Waals surface area (Å²) in [6.45, 7) is 10.2. The van der Waals surface area contributed by atoms with Gasteiger partial charge in [-0.2, -0.15) is 0 Å². The maximum absolute atomic E-state index is 12.1. The fraction of sp³-hybridized carbons (Fsp3) is 0.217. The minimum Gasteiger partial charge on any atom is -0.489 e. The third-order valence-corrected chi connectivity index (χ3v) is 4.05. The third kappa shape index (κ3) is 6.24. The van der Waals surface area contributed by atoms with Crippen LogP contribution in [0.15, 0.2) is 79.0 Å². The number of carbonyl (C=O) groups excluding carboxylic acids is 1. The SMILES string of the molecule is C=CCON=C(C)c1ccc(OCc2ccccc2N(CC=C)C(=O)OC)cc1. The number of nitrogens with zero attached hydrogens (tertiary/aromatic N) is 2. The van der Waals surface area contributed by atoms with Crippen LogP contribution in [-0.4, -0.2) is 32.1 Å². The molecule has 0 aromatic heterocycles. The number of anilines is 1. The molecule has 0 spiro atoms. The van der Waals surface area contributed by atoms with Crippen molar-refractivity contribution in [3.8, 4) is 5.75 Å². The zero-order chi connectivity index (χ0) is 21.1. The molecule has 6 heteroatoms. The van der Waals surface area contributed by atoms with Gasteiger partial charge in [0.05, 0.1) is 18.5 Å². The lowest BCUT2D eigenvalue weighted by Crippen LogP contribution is -2.31. The molecule has 1 amide bonds. The Balaban J connectivity index is 2.10. The minimum atomic E-state index is -0.449. The van der Waals surface area contributed by atoms with Gasteiger partial charge in [0.2, 0.25) is 0 Å². The molecule has 0 aliphatic rings. The van der Waals surface area contributed by atoms with Crippen LogP contribution < -0.4 is 9.64 Å². The Morgan fingerprint density at radius 3 is 2.48 bits per heavy atom. The molecule has 0 bridgehead atoms. The number of hydrogen-bond donors (Lipinski definition) is 0. The first-order valence-corrected chi connectivity index (χ1v) is 9.15. The van der Waals surface area contributed by atoms with Crippen LogP contribution in [0.2, 0.25) is 0 Å². The van der Waals surface area contributed by atoms with Crippen LogP contribution in [0.4, 0.5) is 10.5 Å². The Labute approximate surface area is 171 Å². The summed E-state index contributed by atoms with van der Waals surface area (Å²) < 4.78 is 10.8. The molecule has 0 fully saturated rings. The topological polar surface area (TPSA) is 60.4 Å². The normalized spacial score (nSPS) is 10.8. The smallest absolute Gasteiger partial charge is 0.414 e. The van der Waals surface area contributed by atoms with Gasteiger partial charge in [0.1, 0.15) is 19.0 Å². The van der Waals surface area contributed by atoms with Crippen molar-refractivity contribution < 1.29 is 19.1 Å². The van der Waals surface area contributed by atoms with E-state index in [4.69, 9.17) is 14.3 Å². The van der Waals surface area contributed by atoms with E-state index in [2.05, 4.69) is 18.3 Å². The summed E-state index contributed by atoms with van der Waals surface area (Å²) in [6, 6.07) is 15.1. The van der Waals surface area contributed by atoms with Crippen molar-refractivity contribution in [2.75, 3.05) is 25.2 Å². The monoisotopic (exact) mass is 394 g/mol. The van der Waals surface area contributed by atoms with Crippen molar-refractivity contribution in [3.63, 3.8) is 0 Å². The van der Waals surface area contributed by atoms with Crippen molar-refractivity contribution in [1.82, 2.24) is 0 Å². The molecule has 29 heavy (non-hydrogen) atoms. The molecule has 0 unspecified atom stereocenters. The summed E-state index contributed by atoms with van der Waals surface area (Å²) in [7, 11) is 1.35. The molecule has 0 saturated heterocycles.